The largest absolute Gasteiger partial charge is 0.370 e. The number of aliphatic imine (C=N–C) groups is 1. The number of nitrogens with zero attached hydrogens (tertiary/aromatic N) is 2. The van der Waals surface area contributed by atoms with Crippen molar-refractivity contribution in [3.8, 4) is 0 Å². The van der Waals surface area contributed by atoms with Crippen LogP contribution in [-0.2, 0) is 6.54 Å². The van der Waals surface area contributed by atoms with Crippen molar-refractivity contribution < 1.29 is 4.39 Å². The lowest BCUT2D eigenvalue weighted by molar-refractivity contribution is 0.486. The zero-order valence-corrected chi connectivity index (χ0v) is 10.8. The summed E-state index contributed by atoms with van der Waals surface area (Å²) >= 11 is 0. The highest BCUT2D eigenvalue weighted by Gasteiger charge is 2.15. The molecule has 0 heterocycles. The fraction of sp³-hybridized carbons (Fsp3) is 0.500. The lowest BCUT2D eigenvalue weighted by atomic mass is 10.2. The van der Waals surface area contributed by atoms with Crippen molar-refractivity contribution in [3.63, 3.8) is 0 Å². The first-order chi connectivity index (χ1) is 8.65. The second-order valence-corrected chi connectivity index (χ2v) is 4.91. The molecule has 0 atom stereocenters. The maximum absolute atomic E-state index is 12.8. The molecular formula is C14H20FN3. The van der Waals surface area contributed by atoms with E-state index in [2.05, 4.69) is 4.99 Å². The molecule has 0 radical (unpaired) electrons. The van der Waals surface area contributed by atoms with E-state index in [9.17, 15) is 4.39 Å². The number of halogens is 1. The van der Waals surface area contributed by atoms with Gasteiger partial charge in [0.2, 0.25) is 0 Å². The number of rotatable bonds is 3. The third-order valence-electron chi connectivity index (χ3n) is 3.36. The molecule has 3 nitrogen and oxygen atoms in total. The van der Waals surface area contributed by atoms with Crippen LogP contribution in [0.15, 0.2) is 29.3 Å². The van der Waals surface area contributed by atoms with Crippen molar-refractivity contribution in [2.75, 3.05) is 7.05 Å². The van der Waals surface area contributed by atoms with Crippen molar-refractivity contribution in [1.82, 2.24) is 4.90 Å². The molecule has 18 heavy (non-hydrogen) atoms. The molecule has 0 bridgehead atoms. The molecule has 0 aromatic heterocycles. The van der Waals surface area contributed by atoms with Gasteiger partial charge in [0.1, 0.15) is 5.82 Å². The number of guanidine groups is 1. The van der Waals surface area contributed by atoms with E-state index in [1.54, 1.807) is 12.1 Å². The first kappa shape index (κ1) is 12.9. The third-order valence-corrected chi connectivity index (χ3v) is 3.36. The molecule has 1 fully saturated rings. The molecule has 0 amide bonds. The SMILES string of the molecule is CN(Cc1ccc(F)cc1)C(N)=NC1CCCC1. The Morgan fingerprint density at radius 1 is 1.33 bits per heavy atom. The summed E-state index contributed by atoms with van der Waals surface area (Å²) in [4.78, 5) is 6.44. The highest BCUT2D eigenvalue weighted by atomic mass is 19.1. The minimum Gasteiger partial charge on any atom is -0.370 e. The van der Waals surface area contributed by atoms with Crippen LogP contribution in [0.1, 0.15) is 31.2 Å². The summed E-state index contributed by atoms with van der Waals surface area (Å²) in [6.07, 6.45) is 4.79. The lowest BCUT2D eigenvalue weighted by Crippen LogP contribution is -2.34. The van der Waals surface area contributed by atoms with Gasteiger partial charge in [-0.25, -0.2) is 9.38 Å². The summed E-state index contributed by atoms with van der Waals surface area (Å²) in [7, 11) is 1.91. The molecule has 4 heteroatoms. The Morgan fingerprint density at radius 2 is 1.94 bits per heavy atom. The quantitative estimate of drug-likeness (QED) is 0.660. The van der Waals surface area contributed by atoms with Gasteiger partial charge in [0.15, 0.2) is 5.96 Å². The van der Waals surface area contributed by atoms with Crippen LogP contribution in [0.2, 0.25) is 0 Å². The first-order valence-electron chi connectivity index (χ1n) is 6.44. The van der Waals surface area contributed by atoms with Gasteiger partial charge in [-0.3, -0.25) is 0 Å². The molecule has 1 saturated carbocycles. The minimum absolute atomic E-state index is 0.214. The van der Waals surface area contributed by atoms with Crippen molar-refractivity contribution >= 4 is 5.96 Å². The summed E-state index contributed by atoms with van der Waals surface area (Å²) in [6.45, 7) is 0.655. The van der Waals surface area contributed by atoms with Crippen LogP contribution < -0.4 is 5.73 Å². The molecule has 2 rings (SSSR count). The second kappa shape index (κ2) is 5.85. The van der Waals surface area contributed by atoms with Crippen molar-refractivity contribution in [1.29, 1.82) is 0 Å². The van der Waals surface area contributed by atoms with Crippen molar-refractivity contribution in [2.24, 2.45) is 10.7 Å². The van der Waals surface area contributed by atoms with E-state index in [0.29, 0.717) is 18.5 Å². The van der Waals surface area contributed by atoms with Crippen LogP contribution in [0, 0.1) is 5.82 Å². The number of hydrogen-bond acceptors (Lipinski definition) is 1. The van der Waals surface area contributed by atoms with Crippen molar-refractivity contribution in [3.05, 3.63) is 35.6 Å². The van der Waals surface area contributed by atoms with Crippen LogP contribution in [0.3, 0.4) is 0 Å². The van der Waals surface area contributed by atoms with Gasteiger partial charge in [-0.15, -0.1) is 0 Å². The summed E-state index contributed by atoms with van der Waals surface area (Å²) < 4.78 is 12.8. The Labute approximate surface area is 108 Å². The van der Waals surface area contributed by atoms with Gasteiger partial charge in [0.25, 0.3) is 0 Å². The van der Waals surface area contributed by atoms with Gasteiger partial charge in [-0.05, 0) is 30.5 Å². The molecule has 0 unspecified atom stereocenters. The normalized spacial score (nSPS) is 17.1. The standard InChI is InChI=1S/C14H20FN3/c1-18(10-11-6-8-12(15)9-7-11)14(16)17-13-4-2-3-5-13/h6-9,13H,2-5,10H2,1H3,(H2,16,17). The van der Waals surface area contributed by atoms with Gasteiger partial charge >= 0.3 is 0 Å². The van der Waals surface area contributed by atoms with E-state index in [4.69, 9.17) is 5.73 Å². The number of benzene rings is 1. The molecule has 1 aliphatic carbocycles. The summed E-state index contributed by atoms with van der Waals surface area (Å²) in [5, 5.41) is 0. The molecule has 1 aromatic rings. The number of nitrogens with two attached hydrogens (primary N) is 1. The number of hydrogen-bond donors (Lipinski definition) is 1. The highest BCUT2D eigenvalue weighted by molar-refractivity contribution is 5.78. The summed E-state index contributed by atoms with van der Waals surface area (Å²) in [5.74, 6) is 0.361. The predicted octanol–water partition coefficient (Wildman–Crippen LogP) is 2.51. The van der Waals surface area contributed by atoms with Crippen LogP contribution in [0.5, 0.6) is 0 Å². The van der Waals surface area contributed by atoms with Gasteiger partial charge in [-0.2, -0.15) is 0 Å². The summed E-state index contributed by atoms with van der Waals surface area (Å²) in [5.41, 5.74) is 7.01. The van der Waals surface area contributed by atoms with Crippen LogP contribution in [-0.4, -0.2) is 23.9 Å². The fourth-order valence-corrected chi connectivity index (χ4v) is 2.26. The molecule has 98 valence electrons. The third kappa shape index (κ3) is 3.45. The Morgan fingerprint density at radius 3 is 2.56 bits per heavy atom. The van der Waals surface area contributed by atoms with Gasteiger partial charge in [0, 0.05) is 13.6 Å². The average molecular weight is 249 g/mol. The summed E-state index contributed by atoms with van der Waals surface area (Å²) in [6, 6.07) is 6.87. The van der Waals surface area contributed by atoms with Crippen LogP contribution >= 0.6 is 0 Å². The van der Waals surface area contributed by atoms with E-state index in [0.717, 1.165) is 18.4 Å². The monoisotopic (exact) mass is 249 g/mol. The maximum Gasteiger partial charge on any atom is 0.191 e. The second-order valence-electron chi connectivity index (χ2n) is 4.91. The average Bonchev–Trinajstić information content (AvgIpc) is 2.85. The Kier molecular flexibility index (Phi) is 4.18. The zero-order chi connectivity index (χ0) is 13.0. The van der Waals surface area contributed by atoms with E-state index in [1.807, 2.05) is 11.9 Å². The van der Waals surface area contributed by atoms with E-state index in [1.165, 1.54) is 25.0 Å². The lowest BCUT2D eigenvalue weighted by Gasteiger charge is -2.19. The molecule has 1 aromatic carbocycles. The van der Waals surface area contributed by atoms with E-state index in [-0.39, 0.29) is 5.82 Å². The fourth-order valence-electron chi connectivity index (χ4n) is 2.26. The molecular weight excluding hydrogens is 229 g/mol. The Hall–Kier alpha value is -1.58. The van der Waals surface area contributed by atoms with Gasteiger partial charge < -0.3 is 10.6 Å². The smallest absolute Gasteiger partial charge is 0.191 e. The minimum atomic E-state index is -0.214. The molecule has 2 N–H and O–H groups in total. The molecule has 0 spiro atoms. The van der Waals surface area contributed by atoms with Gasteiger partial charge in [0.05, 0.1) is 6.04 Å². The molecule has 0 aliphatic heterocycles. The van der Waals surface area contributed by atoms with E-state index >= 15 is 0 Å². The zero-order valence-electron chi connectivity index (χ0n) is 10.8. The Bertz CT molecular complexity index is 408. The Balaban J connectivity index is 1.94. The highest BCUT2D eigenvalue weighted by Crippen LogP contribution is 2.21. The maximum atomic E-state index is 12.8. The van der Waals surface area contributed by atoms with E-state index < -0.39 is 0 Å². The molecule has 0 saturated heterocycles. The topological polar surface area (TPSA) is 41.6 Å². The van der Waals surface area contributed by atoms with Gasteiger partial charge in [-0.1, -0.05) is 25.0 Å². The first-order valence-corrected chi connectivity index (χ1v) is 6.44. The molecule has 1 aliphatic rings. The van der Waals surface area contributed by atoms with Crippen molar-refractivity contribution in [2.45, 2.75) is 38.3 Å². The predicted molar refractivity (Wildman–Crippen MR) is 71.7 cm³/mol. The van der Waals surface area contributed by atoms with Crippen LogP contribution in [0.4, 0.5) is 4.39 Å². The van der Waals surface area contributed by atoms with Crippen LogP contribution in [0.25, 0.3) is 0 Å².